The Balaban J connectivity index is 1.95. The number of hydrogen-bond donors (Lipinski definition) is 2. The lowest BCUT2D eigenvalue weighted by molar-refractivity contribution is -0.115. The van der Waals surface area contributed by atoms with Crippen LogP contribution in [-0.4, -0.2) is 5.91 Å². The second kappa shape index (κ2) is 6.43. The number of rotatable bonds is 4. The van der Waals surface area contributed by atoms with Crippen LogP contribution in [0.15, 0.2) is 53.4 Å². The van der Waals surface area contributed by atoms with Crippen LogP contribution in [0.5, 0.6) is 0 Å². The van der Waals surface area contributed by atoms with Crippen molar-refractivity contribution in [2.45, 2.75) is 24.7 Å². The molecule has 0 fully saturated rings. The van der Waals surface area contributed by atoms with E-state index in [2.05, 4.69) is 24.9 Å². The maximum atomic E-state index is 11.9. The molecule has 0 saturated heterocycles. The highest BCUT2D eigenvalue weighted by molar-refractivity contribution is 7.80. The van der Waals surface area contributed by atoms with Crippen molar-refractivity contribution in [3.63, 3.8) is 0 Å². The summed E-state index contributed by atoms with van der Waals surface area (Å²) in [6.07, 6.45) is 1.38. The summed E-state index contributed by atoms with van der Waals surface area (Å²) in [7, 11) is 0. The van der Waals surface area contributed by atoms with Gasteiger partial charge in [-0.1, -0.05) is 31.2 Å². The number of amides is 1. The predicted molar refractivity (Wildman–Crippen MR) is 81.8 cm³/mol. The Hall–Kier alpha value is -1.74. The van der Waals surface area contributed by atoms with Crippen LogP contribution < -0.4 is 5.32 Å². The number of benzene rings is 2. The molecule has 0 heterocycles. The number of thiol groups is 1. The molecule has 2 rings (SSSR count). The number of nitrogens with one attached hydrogen (secondary N) is 1. The molecule has 3 heteroatoms. The fourth-order valence-corrected chi connectivity index (χ4v) is 1.98. The average molecular weight is 271 g/mol. The lowest BCUT2D eigenvalue weighted by Gasteiger charge is -2.06. The molecule has 1 N–H and O–H groups in total. The first-order valence-corrected chi connectivity index (χ1v) is 6.79. The summed E-state index contributed by atoms with van der Waals surface area (Å²) in [5.41, 5.74) is 3.09. The van der Waals surface area contributed by atoms with E-state index in [1.165, 1.54) is 5.56 Å². The highest BCUT2D eigenvalue weighted by Gasteiger charge is 2.04. The van der Waals surface area contributed by atoms with Crippen molar-refractivity contribution in [1.29, 1.82) is 0 Å². The maximum absolute atomic E-state index is 11.9. The van der Waals surface area contributed by atoms with Gasteiger partial charge in [-0.05, 0) is 41.8 Å². The zero-order chi connectivity index (χ0) is 13.7. The third-order valence-corrected chi connectivity index (χ3v) is 3.25. The molecule has 0 saturated carbocycles. The lowest BCUT2D eigenvalue weighted by Crippen LogP contribution is -2.14. The van der Waals surface area contributed by atoms with E-state index in [1.54, 1.807) is 0 Å². The molecule has 0 aliphatic rings. The van der Waals surface area contributed by atoms with Crippen LogP contribution in [0.2, 0.25) is 0 Å². The number of aryl methyl sites for hydroxylation is 1. The number of carbonyl (C=O) groups excluding carboxylic acids is 1. The van der Waals surface area contributed by atoms with Gasteiger partial charge in [0.2, 0.25) is 5.91 Å². The van der Waals surface area contributed by atoms with Crippen LogP contribution in [0.25, 0.3) is 0 Å². The Kier molecular flexibility index (Phi) is 4.63. The summed E-state index contributed by atoms with van der Waals surface area (Å²) in [4.78, 5) is 12.8. The van der Waals surface area contributed by atoms with Gasteiger partial charge in [-0.15, -0.1) is 12.6 Å². The summed E-state index contributed by atoms with van der Waals surface area (Å²) in [6, 6.07) is 15.6. The van der Waals surface area contributed by atoms with Crippen LogP contribution in [0.4, 0.5) is 5.69 Å². The average Bonchev–Trinajstić information content (AvgIpc) is 2.42. The molecule has 19 heavy (non-hydrogen) atoms. The molecule has 0 radical (unpaired) electrons. The first-order valence-electron chi connectivity index (χ1n) is 6.34. The molecule has 0 atom stereocenters. The van der Waals surface area contributed by atoms with Gasteiger partial charge in [0.1, 0.15) is 0 Å². The van der Waals surface area contributed by atoms with Crippen molar-refractivity contribution < 1.29 is 4.79 Å². The van der Waals surface area contributed by atoms with Crippen LogP contribution in [0.3, 0.4) is 0 Å². The Morgan fingerprint density at radius 2 is 1.58 bits per heavy atom. The van der Waals surface area contributed by atoms with E-state index in [-0.39, 0.29) is 5.91 Å². The van der Waals surface area contributed by atoms with E-state index in [0.717, 1.165) is 22.6 Å². The quantitative estimate of drug-likeness (QED) is 0.815. The Morgan fingerprint density at radius 3 is 2.16 bits per heavy atom. The molecule has 0 unspecified atom stereocenters. The van der Waals surface area contributed by atoms with Crippen molar-refractivity contribution in [2.24, 2.45) is 0 Å². The van der Waals surface area contributed by atoms with Crippen LogP contribution >= 0.6 is 12.6 Å². The number of anilines is 1. The zero-order valence-corrected chi connectivity index (χ0v) is 11.8. The van der Waals surface area contributed by atoms with Crippen LogP contribution in [-0.2, 0) is 17.6 Å². The minimum Gasteiger partial charge on any atom is -0.326 e. The first kappa shape index (κ1) is 13.7. The van der Waals surface area contributed by atoms with E-state index in [9.17, 15) is 4.79 Å². The highest BCUT2D eigenvalue weighted by atomic mass is 32.1. The zero-order valence-electron chi connectivity index (χ0n) is 10.9. The minimum atomic E-state index is -0.00355. The largest absolute Gasteiger partial charge is 0.326 e. The van der Waals surface area contributed by atoms with Crippen LogP contribution in [0.1, 0.15) is 18.1 Å². The molecule has 0 aliphatic heterocycles. The molecule has 0 aromatic heterocycles. The van der Waals surface area contributed by atoms with E-state index in [4.69, 9.17) is 0 Å². The summed E-state index contributed by atoms with van der Waals surface area (Å²) in [6.45, 7) is 2.11. The van der Waals surface area contributed by atoms with Gasteiger partial charge in [0.25, 0.3) is 0 Å². The summed E-state index contributed by atoms with van der Waals surface area (Å²) < 4.78 is 0. The predicted octanol–water partition coefficient (Wildman–Crippen LogP) is 3.72. The van der Waals surface area contributed by atoms with Crippen molar-refractivity contribution in [2.75, 3.05) is 5.32 Å². The monoisotopic (exact) mass is 271 g/mol. The van der Waals surface area contributed by atoms with Crippen LogP contribution in [0, 0.1) is 0 Å². The van der Waals surface area contributed by atoms with Crippen molar-refractivity contribution >= 4 is 24.2 Å². The maximum Gasteiger partial charge on any atom is 0.228 e. The Labute approximate surface area is 119 Å². The lowest BCUT2D eigenvalue weighted by atomic mass is 10.1. The van der Waals surface area contributed by atoms with Gasteiger partial charge in [0.05, 0.1) is 6.42 Å². The van der Waals surface area contributed by atoms with Gasteiger partial charge in [-0.3, -0.25) is 4.79 Å². The van der Waals surface area contributed by atoms with Crippen molar-refractivity contribution in [3.05, 3.63) is 59.7 Å². The third kappa shape index (κ3) is 4.14. The van der Waals surface area contributed by atoms with Crippen molar-refractivity contribution in [3.8, 4) is 0 Å². The number of hydrogen-bond acceptors (Lipinski definition) is 2. The standard InChI is InChI=1S/C16H17NOS/c1-2-12-3-7-14(8-4-12)17-16(18)11-13-5-9-15(19)10-6-13/h3-10,19H,2,11H2,1H3,(H,17,18). The van der Waals surface area contributed by atoms with Gasteiger partial charge in [-0.2, -0.15) is 0 Å². The molecular formula is C16H17NOS. The van der Waals surface area contributed by atoms with Gasteiger partial charge >= 0.3 is 0 Å². The minimum absolute atomic E-state index is 0.00355. The fraction of sp³-hybridized carbons (Fsp3) is 0.188. The van der Waals surface area contributed by atoms with Gasteiger partial charge < -0.3 is 5.32 Å². The molecule has 0 aliphatic carbocycles. The molecule has 98 valence electrons. The molecule has 2 aromatic carbocycles. The molecule has 1 amide bonds. The Bertz CT molecular complexity index is 546. The van der Waals surface area contributed by atoms with E-state index in [0.29, 0.717) is 6.42 Å². The first-order chi connectivity index (χ1) is 9.17. The van der Waals surface area contributed by atoms with E-state index in [1.807, 2.05) is 48.5 Å². The van der Waals surface area contributed by atoms with E-state index >= 15 is 0 Å². The van der Waals surface area contributed by atoms with Gasteiger partial charge in [0, 0.05) is 10.6 Å². The molecule has 0 bridgehead atoms. The smallest absolute Gasteiger partial charge is 0.228 e. The third-order valence-electron chi connectivity index (χ3n) is 2.95. The SMILES string of the molecule is CCc1ccc(NC(=O)Cc2ccc(S)cc2)cc1. The van der Waals surface area contributed by atoms with Gasteiger partial charge in [0.15, 0.2) is 0 Å². The number of carbonyl (C=O) groups is 1. The summed E-state index contributed by atoms with van der Waals surface area (Å²) >= 11 is 4.22. The normalized spacial score (nSPS) is 10.2. The molecule has 2 aromatic rings. The summed E-state index contributed by atoms with van der Waals surface area (Å²) in [5.74, 6) is -0.00355. The van der Waals surface area contributed by atoms with Crippen molar-refractivity contribution in [1.82, 2.24) is 0 Å². The van der Waals surface area contributed by atoms with E-state index < -0.39 is 0 Å². The molecular weight excluding hydrogens is 254 g/mol. The second-order valence-electron chi connectivity index (χ2n) is 4.44. The fourth-order valence-electron chi connectivity index (χ4n) is 1.83. The summed E-state index contributed by atoms with van der Waals surface area (Å²) in [5, 5.41) is 2.90. The molecule has 2 nitrogen and oxygen atoms in total. The highest BCUT2D eigenvalue weighted by Crippen LogP contribution is 2.12. The Morgan fingerprint density at radius 1 is 1.00 bits per heavy atom. The van der Waals surface area contributed by atoms with Gasteiger partial charge in [-0.25, -0.2) is 0 Å². The second-order valence-corrected chi connectivity index (χ2v) is 4.96. The topological polar surface area (TPSA) is 29.1 Å². The molecule has 0 spiro atoms.